The van der Waals surface area contributed by atoms with E-state index in [1.165, 1.54) is 51.4 Å². The van der Waals surface area contributed by atoms with Crippen molar-refractivity contribution in [2.45, 2.75) is 270 Å². The molecule has 5 atom stereocenters. The molecule has 460 valence electrons. The summed E-state index contributed by atoms with van der Waals surface area (Å²) in [7, 11) is -9.76. The van der Waals surface area contributed by atoms with E-state index in [-0.39, 0.29) is 19.3 Å². The molecule has 0 amide bonds. The Morgan fingerprint density at radius 2 is 0.684 bits per heavy atom. The first-order valence-electron chi connectivity index (χ1n) is 30.6. The molecule has 0 heterocycles. The first-order chi connectivity index (χ1) is 38.2. The van der Waals surface area contributed by atoms with Crippen LogP contribution in [0.4, 0.5) is 0 Å². The molecule has 0 aromatic heterocycles. The van der Waals surface area contributed by atoms with Crippen molar-refractivity contribution in [3.05, 3.63) is 60.8 Å². The van der Waals surface area contributed by atoms with Gasteiger partial charge in [-0.15, -0.1) is 0 Å². The van der Waals surface area contributed by atoms with Crippen molar-refractivity contribution in [3.63, 3.8) is 0 Å². The van der Waals surface area contributed by atoms with E-state index in [1.54, 1.807) is 0 Å². The first-order valence-corrected chi connectivity index (χ1v) is 33.6. The highest BCUT2D eigenvalue weighted by molar-refractivity contribution is 7.47. The van der Waals surface area contributed by atoms with Gasteiger partial charge in [0, 0.05) is 19.3 Å². The van der Waals surface area contributed by atoms with Crippen molar-refractivity contribution in [1.29, 1.82) is 0 Å². The number of hydrogen-bond acceptors (Lipinski definition) is 14. The van der Waals surface area contributed by atoms with Crippen LogP contribution < -0.4 is 0 Å². The minimum absolute atomic E-state index is 0.0946. The van der Waals surface area contributed by atoms with Gasteiger partial charge in [0.1, 0.15) is 25.4 Å². The van der Waals surface area contributed by atoms with Crippen LogP contribution in [0.15, 0.2) is 60.8 Å². The molecule has 0 fully saturated rings. The lowest BCUT2D eigenvalue weighted by atomic mass is 10.1. The van der Waals surface area contributed by atoms with E-state index in [9.17, 15) is 43.5 Å². The van der Waals surface area contributed by atoms with Crippen LogP contribution in [0.1, 0.15) is 252 Å². The summed E-state index contributed by atoms with van der Waals surface area (Å²) in [6, 6.07) is 0. The van der Waals surface area contributed by atoms with Crippen LogP contribution in [0.3, 0.4) is 0 Å². The Hall–Kier alpha value is -2.75. The average Bonchev–Trinajstić information content (AvgIpc) is 3.42. The lowest BCUT2D eigenvalue weighted by Gasteiger charge is -2.21. The fraction of sp³-hybridized carbons (Fsp3) is 0.787. The number of ether oxygens (including phenoxy) is 3. The molecular formula is C61H110O16P2. The van der Waals surface area contributed by atoms with Crippen LogP contribution in [0.5, 0.6) is 0 Å². The van der Waals surface area contributed by atoms with Gasteiger partial charge in [0.15, 0.2) is 6.10 Å². The van der Waals surface area contributed by atoms with Gasteiger partial charge in [-0.2, -0.15) is 0 Å². The number of aliphatic hydroxyl groups excluding tert-OH is 2. The molecular weight excluding hydrogens is 1050 g/mol. The fourth-order valence-corrected chi connectivity index (χ4v) is 9.56. The number of unbranched alkanes of at least 4 members (excludes halogenated alkanes) is 25. The Bertz CT molecular complexity index is 1700. The minimum Gasteiger partial charge on any atom is -0.463 e. The second-order valence-electron chi connectivity index (χ2n) is 20.5. The maximum atomic E-state index is 12.8. The third-order valence-electron chi connectivity index (χ3n) is 12.7. The quantitative estimate of drug-likeness (QED) is 0.0146. The molecule has 0 bridgehead atoms. The molecule has 18 heteroatoms. The van der Waals surface area contributed by atoms with Crippen LogP contribution >= 0.6 is 15.6 Å². The number of allylic oxidation sites excluding steroid dienone is 10. The molecule has 5 unspecified atom stereocenters. The molecule has 0 saturated heterocycles. The molecule has 0 aliphatic rings. The topological polar surface area (TPSA) is 231 Å². The van der Waals surface area contributed by atoms with Crippen molar-refractivity contribution < 1.29 is 75.8 Å². The largest absolute Gasteiger partial charge is 0.472 e. The lowest BCUT2D eigenvalue weighted by molar-refractivity contribution is -0.161. The van der Waals surface area contributed by atoms with E-state index in [4.69, 9.17) is 32.3 Å². The standard InChI is InChI=1S/C61H110O16P2/c1-4-7-10-13-16-19-22-24-26-27-29-31-33-35-38-41-44-47-59(64)71-50-56(62)51-73-78(67,68)74-52-57(63)53-75-79(69,70)76-55-58(77-61(66)49-46-43-40-37-32-21-18-15-12-9-6-3)54-72-60(65)48-45-42-39-36-34-30-28-25-23-20-17-14-11-8-5-2/h7,10,15-16,18-19,24-26,28,56-58,62-63H,4-6,8-9,11-14,17,20-23,27,29-55H2,1-3H3,(H,67,68)(H,69,70)/b10-7-,18-15-,19-16-,26-24-,28-25-. The second-order valence-corrected chi connectivity index (χ2v) is 23.4. The Labute approximate surface area is 478 Å². The van der Waals surface area contributed by atoms with Gasteiger partial charge in [-0.25, -0.2) is 9.13 Å². The number of phosphoric acid groups is 2. The highest BCUT2D eigenvalue weighted by Crippen LogP contribution is 2.45. The summed E-state index contributed by atoms with van der Waals surface area (Å²) < 4.78 is 60.6. The predicted octanol–water partition coefficient (Wildman–Crippen LogP) is 15.9. The maximum absolute atomic E-state index is 12.8. The molecule has 0 aromatic carbocycles. The summed E-state index contributed by atoms with van der Waals surface area (Å²) >= 11 is 0. The number of esters is 3. The summed E-state index contributed by atoms with van der Waals surface area (Å²) in [6.45, 7) is 2.47. The van der Waals surface area contributed by atoms with E-state index >= 15 is 0 Å². The van der Waals surface area contributed by atoms with E-state index in [2.05, 4.69) is 81.5 Å². The molecule has 16 nitrogen and oxygen atoms in total. The van der Waals surface area contributed by atoms with Crippen LogP contribution in [0, 0.1) is 0 Å². The Kier molecular flexibility index (Phi) is 53.8. The number of rotatable bonds is 58. The van der Waals surface area contributed by atoms with Crippen LogP contribution in [0.25, 0.3) is 0 Å². The zero-order valence-electron chi connectivity index (χ0n) is 49.3. The van der Waals surface area contributed by atoms with Gasteiger partial charge in [0.05, 0.1) is 26.4 Å². The molecule has 4 N–H and O–H groups in total. The van der Waals surface area contributed by atoms with Crippen LogP contribution in [-0.2, 0) is 55.8 Å². The van der Waals surface area contributed by atoms with Gasteiger partial charge in [0.25, 0.3) is 0 Å². The maximum Gasteiger partial charge on any atom is 0.472 e. The zero-order valence-corrected chi connectivity index (χ0v) is 51.1. The normalized spacial score (nSPS) is 14.9. The van der Waals surface area contributed by atoms with Crippen LogP contribution in [0.2, 0.25) is 0 Å². The summed E-state index contributed by atoms with van der Waals surface area (Å²) in [5, 5.41) is 20.4. The number of carbonyl (C=O) groups is 3. The predicted molar refractivity (Wildman–Crippen MR) is 316 cm³/mol. The van der Waals surface area contributed by atoms with Crippen molar-refractivity contribution in [2.24, 2.45) is 0 Å². The monoisotopic (exact) mass is 1160 g/mol. The number of carbonyl (C=O) groups excluding carboxylic acids is 3. The Balaban J connectivity index is 4.63. The lowest BCUT2D eigenvalue weighted by Crippen LogP contribution is -2.30. The van der Waals surface area contributed by atoms with Crippen molar-refractivity contribution in [3.8, 4) is 0 Å². The van der Waals surface area contributed by atoms with Gasteiger partial charge in [-0.05, 0) is 96.3 Å². The minimum atomic E-state index is -4.91. The number of phosphoric ester groups is 2. The highest BCUT2D eigenvalue weighted by Gasteiger charge is 2.29. The van der Waals surface area contributed by atoms with Crippen LogP contribution in [-0.4, -0.2) is 95.9 Å². The smallest absolute Gasteiger partial charge is 0.463 e. The average molecular weight is 1160 g/mol. The van der Waals surface area contributed by atoms with Gasteiger partial charge in [-0.3, -0.25) is 32.5 Å². The molecule has 79 heavy (non-hydrogen) atoms. The Morgan fingerprint density at radius 1 is 0.367 bits per heavy atom. The molecule has 0 aliphatic carbocycles. The van der Waals surface area contributed by atoms with Gasteiger partial charge in [0.2, 0.25) is 0 Å². The van der Waals surface area contributed by atoms with E-state index in [0.717, 1.165) is 141 Å². The molecule has 0 radical (unpaired) electrons. The molecule has 0 rings (SSSR count). The van der Waals surface area contributed by atoms with Crippen molar-refractivity contribution in [1.82, 2.24) is 0 Å². The first kappa shape index (κ1) is 76.2. The molecule has 0 aromatic rings. The van der Waals surface area contributed by atoms with Gasteiger partial charge < -0.3 is 34.2 Å². The van der Waals surface area contributed by atoms with E-state index in [0.29, 0.717) is 19.3 Å². The SMILES string of the molecule is CC/C=C\C/C=C\C/C=C\CCCCCCCCCC(=O)OCC(O)COP(=O)(O)OCC(O)COP(=O)(O)OCC(COC(=O)CCCCCCC/C=C\CCCCCCCC)OC(=O)CCCCCCC/C=C\CCCC. The number of aliphatic hydroxyl groups is 2. The third-order valence-corrected chi connectivity index (χ3v) is 14.6. The Morgan fingerprint density at radius 3 is 1.11 bits per heavy atom. The van der Waals surface area contributed by atoms with Gasteiger partial charge >= 0.3 is 33.6 Å². The summed E-state index contributed by atoms with van der Waals surface area (Å²) in [4.78, 5) is 58.0. The molecule has 0 saturated carbocycles. The van der Waals surface area contributed by atoms with E-state index < -0.39 is 91.5 Å². The summed E-state index contributed by atoms with van der Waals surface area (Å²) in [5.41, 5.74) is 0. The summed E-state index contributed by atoms with van der Waals surface area (Å²) in [5.74, 6) is -1.60. The number of hydrogen-bond donors (Lipinski definition) is 4. The molecule has 0 spiro atoms. The van der Waals surface area contributed by atoms with Gasteiger partial charge in [-0.1, -0.05) is 197 Å². The zero-order chi connectivity index (χ0) is 58.2. The van der Waals surface area contributed by atoms with Crippen molar-refractivity contribution >= 4 is 33.6 Å². The van der Waals surface area contributed by atoms with E-state index in [1.807, 2.05) is 0 Å². The second kappa shape index (κ2) is 55.8. The fourth-order valence-electron chi connectivity index (χ4n) is 7.97. The molecule has 0 aliphatic heterocycles. The summed E-state index contributed by atoms with van der Waals surface area (Å²) in [6.07, 6.45) is 52.9. The third kappa shape index (κ3) is 56.9. The highest BCUT2D eigenvalue weighted by atomic mass is 31.2. The van der Waals surface area contributed by atoms with Crippen molar-refractivity contribution in [2.75, 3.05) is 39.6 Å².